The largest absolute Gasteiger partial charge is 0.409 e. The number of thiol groups is 1. The van der Waals surface area contributed by atoms with Gasteiger partial charge in [-0.2, -0.15) is 12.6 Å². The molecular formula is C17H27B3N4O5S. The maximum Gasteiger partial charge on any atom is 0.226 e. The molecule has 0 rings (SSSR count). The Morgan fingerprint density at radius 3 is 1.33 bits per heavy atom. The Bertz CT molecular complexity index is 593. The summed E-state index contributed by atoms with van der Waals surface area (Å²) in [7, 11) is 15.4. The molecule has 13 heteroatoms. The number of Topliss-reactive ketones (excluding diaryl/α,β-unsaturated/α-hetero) is 1. The normalized spacial score (nSPS) is 11.3. The van der Waals surface area contributed by atoms with Gasteiger partial charge in [-0.1, -0.05) is 0 Å². The van der Waals surface area contributed by atoms with Crippen LogP contribution in [0.4, 0.5) is 0 Å². The first-order valence-corrected chi connectivity index (χ1v) is 9.89. The van der Waals surface area contributed by atoms with Crippen molar-refractivity contribution < 1.29 is 24.0 Å². The van der Waals surface area contributed by atoms with Crippen molar-refractivity contribution in [1.82, 2.24) is 21.0 Å². The first-order valence-electron chi connectivity index (χ1n) is 9.44. The quantitative estimate of drug-likeness (QED) is 0.175. The molecule has 6 radical (unpaired) electrons. The molecule has 0 aliphatic rings. The van der Waals surface area contributed by atoms with E-state index in [9.17, 15) is 24.0 Å². The van der Waals surface area contributed by atoms with E-state index < -0.39 is 33.9 Å². The molecule has 0 spiro atoms. The summed E-state index contributed by atoms with van der Waals surface area (Å²) < 4.78 is -0.880. The third-order valence-corrected chi connectivity index (χ3v) is 4.89. The highest BCUT2D eigenvalue weighted by Crippen LogP contribution is 2.26. The van der Waals surface area contributed by atoms with E-state index in [1.54, 1.807) is 13.8 Å². The monoisotopic (exact) mass is 432 g/mol. The number of rotatable bonds is 14. The number of carbonyl (C=O) groups is 5. The molecule has 0 fully saturated rings. The Balaban J connectivity index is 5.47. The zero-order valence-electron chi connectivity index (χ0n) is 17.4. The van der Waals surface area contributed by atoms with Crippen LogP contribution in [-0.2, 0) is 24.0 Å². The van der Waals surface area contributed by atoms with Gasteiger partial charge in [-0.05, 0) is 33.1 Å². The predicted octanol–water partition coefficient (Wildman–Crippen LogP) is -1.16. The topological polar surface area (TPSA) is 133 Å². The second-order valence-corrected chi connectivity index (χ2v) is 8.63. The minimum Gasteiger partial charge on any atom is -0.409 e. The molecule has 0 aromatic rings. The predicted molar refractivity (Wildman–Crippen MR) is 118 cm³/mol. The van der Waals surface area contributed by atoms with Crippen LogP contribution in [0.1, 0.15) is 65.2 Å². The summed E-state index contributed by atoms with van der Waals surface area (Å²) in [6, 6.07) is 0. The second-order valence-electron chi connectivity index (χ2n) is 7.51. The molecule has 0 aromatic heterocycles. The van der Waals surface area contributed by atoms with Crippen LogP contribution in [0.3, 0.4) is 0 Å². The smallest absolute Gasteiger partial charge is 0.226 e. The number of hydrogen-bond donors (Lipinski definition) is 5. The van der Waals surface area contributed by atoms with E-state index in [4.69, 9.17) is 23.9 Å². The molecule has 4 N–H and O–H groups in total. The van der Waals surface area contributed by atoms with Crippen molar-refractivity contribution in [1.29, 1.82) is 0 Å². The molecule has 30 heavy (non-hydrogen) atoms. The minimum absolute atomic E-state index is 0.0335. The van der Waals surface area contributed by atoms with E-state index >= 15 is 0 Å². The molecule has 0 aliphatic carbocycles. The molecule has 0 aliphatic heterocycles. The SMILES string of the molecule is [B]NC(=O)CCC(CCC(=O)N[B])(CCC(=O)N[B])NC(=O)CCC(=O)C(C)(C)S. The van der Waals surface area contributed by atoms with Gasteiger partial charge >= 0.3 is 0 Å². The third kappa shape index (κ3) is 11.3. The average molecular weight is 432 g/mol. The fourth-order valence-corrected chi connectivity index (χ4v) is 2.84. The summed E-state index contributed by atoms with van der Waals surface area (Å²) in [4.78, 5) is 59.6. The summed E-state index contributed by atoms with van der Waals surface area (Å²) in [6.07, 6.45) is -0.0276. The van der Waals surface area contributed by atoms with E-state index in [0.29, 0.717) is 0 Å². The van der Waals surface area contributed by atoms with Crippen molar-refractivity contribution in [3.8, 4) is 0 Å². The minimum atomic E-state index is -1.10. The first kappa shape index (κ1) is 28.1. The van der Waals surface area contributed by atoms with E-state index in [1.807, 2.05) is 15.7 Å². The summed E-state index contributed by atoms with van der Waals surface area (Å²) in [6.45, 7) is 3.26. The van der Waals surface area contributed by atoms with Crippen molar-refractivity contribution in [2.45, 2.75) is 75.5 Å². The van der Waals surface area contributed by atoms with E-state index in [1.165, 1.54) is 0 Å². The lowest BCUT2D eigenvalue weighted by atomic mass is 9.82. The number of ketones is 1. The van der Waals surface area contributed by atoms with E-state index in [-0.39, 0.29) is 57.1 Å². The molecule has 4 amide bonds. The van der Waals surface area contributed by atoms with Crippen LogP contribution in [0, 0.1) is 0 Å². The van der Waals surface area contributed by atoms with E-state index in [0.717, 1.165) is 0 Å². The zero-order valence-corrected chi connectivity index (χ0v) is 18.3. The Kier molecular flexibility index (Phi) is 12.6. The highest BCUT2D eigenvalue weighted by Gasteiger charge is 2.33. The molecule has 0 saturated heterocycles. The van der Waals surface area contributed by atoms with Crippen LogP contribution in [0.25, 0.3) is 0 Å². The van der Waals surface area contributed by atoms with Crippen LogP contribution < -0.4 is 21.0 Å². The molecule has 0 atom stereocenters. The maximum atomic E-state index is 12.6. The van der Waals surface area contributed by atoms with Gasteiger partial charge in [-0.15, -0.1) is 0 Å². The molecule has 160 valence electrons. The van der Waals surface area contributed by atoms with Gasteiger partial charge in [-0.3, -0.25) is 24.0 Å². The molecule has 0 heterocycles. The molecule has 0 bridgehead atoms. The van der Waals surface area contributed by atoms with Crippen LogP contribution in [0.2, 0.25) is 0 Å². The number of amides is 4. The first-order chi connectivity index (χ1) is 13.9. The van der Waals surface area contributed by atoms with Gasteiger partial charge in [0, 0.05) is 37.6 Å². The summed E-state index contributed by atoms with van der Waals surface area (Å²) in [5, 5.41) is 8.79. The standard InChI is InChI=1S/C17H27B3N4O5S/c1-16(2,30)11(25)3-4-12(26)21-17(8-5-13(27)22-18,9-6-14(28)23-19)10-7-15(29)24-20/h30H,3-10H2,1-2H3,(H,21,26)(H,22,27)(H,23,28)(H,24,29). The van der Waals surface area contributed by atoms with Gasteiger partial charge in [0.15, 0.2) is 0 Å². The van der Waals surface area contributed by atoms with Crippen molar-refractivity contribution in [3.05, 3.63) is 0 Å². The highest BCUT2D eigenvalue weighted by molar-refractivity contribution is 7.82. The molecule has 0 aromatic carbocycles. The Morgan fingerprint density at radius 2 is 1.03 bits per heavy atom. The molecule has 9 nitrogen and oxygen atoms in total. The Labute approximate surface area is 186 Å². The lowest BCUT2D eigenvalue weighted by Crippen LogP contribution is -2.50. The van der Waals surface area contributed by atoms with Gasteiger partial charge in [-0.25, -0.2) is 0 Å². The zero-order chi connectivity index (χ0) is 23.4. The van der Waals surface area contributed by atoms with E-state index in [2.05, 4.69) is 17.9 Å². The highest BCUT2D eigenvalue weighted by atomic mass is 32.1. The van der Waals surface area contributed by atoms with Crippen molar-refractivity contribution >= 4 is 66.0 Å². The van der Waals surface area contributed by atoms with Gasteiger partial charge in [0.2, 0.25) is 47.6 Å². The summed E-state index contributed by atoms with van der Waals surface area (Å²) in [5.41, 5.74) is -1.10. The third-order valence-electron chi connectivity index (χ3n) is 4.64. The van der Waals surface area contributed by atoms with Gasteiger partial charge in [0.05, 0.1) is 4.75 Å². The van der Waals surface area contributed by atoms with Crippen LogP contribution in [-0.4, -0.2) is 63.6 Å². The van der Waals surface area contributed by atoms with Crippen LogP contribution in [0.5, 0.6) is 0 Å². The average Bonchev–Trinajstić information content (AvgIpc) is 2.71. The Hall–Kier alpha value is -1.91. The molecule has 0 unspecified atom stereocenters. The summed E-state index contributed by atoms with van der Waals surface area (Å²) in [5.74, 6) is -2.11. The van der Waals surface area contributed by atoms with Crippen LogP contribution >= 0.6 is 12.6 Å². The van der Waals surface area contributed by atoms with Crippen molar-refractivity contribution in [2.24, 2.45) is 0 Å². The van der Waals surface area contributed by atoms with Crippen LogP contribution in [0.15, 0.2) is 0 Å². The molecular weight excluding hydrogens is 405 g/mol. The number of hydrogen-bond acceptors (Lipinski definition) is 6. The Morgan fingerprint density at radius 1 is 0.667 bits per heavy atom. The lowest BCUT2D eigenvalue weighted by Gasteiger charge is -2.35. The fraction of sp³-hybridized carbons (Fsp3) is 0.706. The van der Waals surface area contributed by atoms with Gasteiger partial charge in [0.1, 0.15) is 5.78 Å². The summed E-state index contributed by atoms with van der Waals surface area (Å²) >= 11 is 4.19. The van der Waals surface area contributed by atoms with Crippen molar-refractivity contribution in [2.75, 3.05) is 0 Å². The molecule has 0 saturated carbocycles. The van der Waals surface area contributed by atoms with Crippen molar-refractivity contribution in [3.63, 3.8) is 0 Å². The maximum absolute atomic E-state index is 12.6. The van der Waals surface area contributed by atoms with Gasteiger partial charge < -0.3 is 21.0 Å². The second kappa shape index (κ2) is 13.4. The lowest BCUT2D eigenvalue weighted by molar-refractivity contribution is -0.128. The van der Waals surface area contributed by atoms with Gasteiger partial charge in [0.25, 0.3) is 0 Å². The number of nitrogens with one attached hydrogen (secondary N) is 4. The fourth-order valence-electron chi connectivity index (χ4n) is 2.73. The number of carbonyl (C=O) groups excluding carboxylic acids is 5.